The van der Waals surface area contributed by atoms with Gasteiger partial charge >= 0.3 is 0 Å². The third kappa shape index (κ3) is 4.56. The Balaban J connectivity index is 1.98. The molecule has 31 heavy (non-hydrogen) atoms. The Labute approximate surface area is 190 Å². The van der Waals surface area contributed by atoms with Crippen LogP contribution in [0, 0.1) is 73.1 Å². The smallest absolute Gasteiger partial charge is 0.0172 e. The molecule has 0 atom stereocenters. The Bertz CT molecular complexity index is 1020. The Morgan fingerprint density at radius 1 is 0.613 bits per heavy atom. The summed E-state index contributed by atoms with van der Waals surface area (Å²) in [6, 6.07) is 16.0. The van der Waals surface area contributed by atoms with Crippen LogP contribution in [0.5, 0.6) is 0 Å². The zero-order chi connectivity index (χ0) is 22.1. The molecule has 1 fully saturated rings. The molecule has 1 aliphatic carbocycles. The van der Waals surface area contributed by atoms with Crippen LogP contribution in [0.2, 0.25) is 0 Å². The summed E-state index contributed by atoms with van der Waals surface area (Å²) in [6.07, 6.45) is 8.58. The van der Waals surface area contributed by atoms with E-state index in [4.69, 9.17) is 0 Å². The van der Waals surface area contributed by atoms with Crippen LogP contribution in [0.3, 0.4) is 0 Å². The van der Waals surface area contributed by atoms with Gasteiger partial charge in [-0.25, -0.2) is 0 Å². The zero-order valence-electron chi connectivity index (χ0n) is 19.4. The molecule has 0 nitrogen and oxygen atoms in total. The van der Waals surface area contributed by atoms with Crippen molar-refractivity contribution in [2.75, 3.05) is 0 Å². The maximum atomic E-state index is 2.33. The lowest BCUT2D eigenvalue weighted by atomic mass is 9.89. The molecule has 0 saturated heterocycles. The number of rotatable bonds is 4. The lowest BCUT2D eigenvalue weighted by Crippen LogP contribution is -2.08. The van der Waals surface area contributed by atoms with Gasteiger partial charge in [-0.15, -0.1) is 0 Å². The summed E-state index contributed by atoms with van der Waals surface area (Å²) < 4.78 is 0. The van der Waals surface area contributed by atoms with Crippen molar-refractivity contribution in [3.8, 4) is 22.3 Å². The van der Waals surface area contributed by atoms with E-state index in [1.54, 1.807) is 0 Å². The second-order valence-electron chi connectivity index (χ2n) is 8.73. The van der Waals surface area contributed by atoms with E-state index in [1.165, 1.54) is 75.1 Å². The predicted octanol–water partition coefficient (Wildman–Crippen LogP) is 7.65. The fraction of sp³-hybridized carbons (Fsp3) is 0.200. The van der Waals surface area contributed by atoms with Crippen LogP contribution >= 0.6 is 8.20 Å². The summed E-state index contributed by atoms with van der Waals surface area (Å²) in [4.78, 5) is 0. The van der Waals surface area contributed by atoms with Crippen molar-refractivity contribution in [2.45, 2.75) is 41.5 Å². The van der Waals surface area contributed by atoms with Crippen LogP contribution in [0.1, 0.15) is 33.4 Å². The highest BCUT2D eigenvalue weighted by atomic mass is 31.1. The van der Waals surface area contributed by atoms with Gasteiger partial charge < -0.3 is 0 Å². The third-order valence-electron chi connectivity index (χ3n) is 5.96. The normalized spacial score (nSPS) is 14.6. The molecule has 0 amide bonds. The van der Waals surface area contributed by atoms with Gasteiger partial charge in [-0.1, -0.05) is 61.8 Å². The highest BCUT2D eigenvalue weighted by molar-refractivity contribution is 7.48. The molecule has 3 aromatic carbocycles. The zero-order valence-corrected chi connectivity index (χ0v) is 20.3. The third-order valence-corrected chi connectivity index (χ3v) is 7.13. The van der Waals surface area contributed by atoms with E-state index in [1.807, 2.05) is 0 Å². The highest BCUT2D eigenvalue weighted by Crippen LogP contribution is 2.36. The Hall–Kier alpha value is -2.17. The molecule has 1 saturated carbocycles. The summed E-state index contributed by atoms with van der Waals surface area (Å²) in [7, 11) is 1.22. The lowest BCUT2D eigenvalue weighted by Gasteiger charge is -2.19. The van der Waals surface area contributed by atoms with Crippen molar-refractivity contribution >= 4 is 19.3 Å². The molecule has 5 radical (unpaired) electrons. The summed E-state index contributed by atoms with van der Waals surface area (Å²) in [5.74, 6) is 3.61. The minimum atomic E-state index is 1.22. The molecule has 4 rings (SSSR count). The van der Waals surface area contributed by atoms with Gasteiger partial charge in [0.15, 0.2) is 0 Å². The van der Waals surface area contributed by atoms with Crippen LogP contribution in [-0.4, -0.2) is 5.80 Å². The first-order valence-corrected chi connectivity index (χ1v) is 11.9. The topological polar surface area (TPSA) is 0 Å². The average molecular weight is 422 g/mol. The van der Waals surface area contributed by atoms with E-state index in [0.29, 0.717) is 0 Å². The Morgan fingerprint density at radius 2 is 1.03 bits per heavy atom. The first-order chi connectivity index (χ1) is 14.8. The molecule has 0 bridgehead atoms. The van der Waals surface area contributed by atoms with Crippen molar-refractivity contribution in [3.05, 3.63) is 107 Å². The molecule has 0 aromatic heterocycles. The second kappa shape index (κ2) is 9.13. The Kier molecular flexibility index (Phi) is 6.49. The molecular weight excluding hydrogens is 391 g/mol. The molecule has 0 unspecified atom stereocenters. The van der Waals surface area contributed by atoms with E-state index >= 15 is 0 Å². The summed E-state index contributed by atoms with van der Waals surface area (Å²) >= 11 is 0. The molecule has 3 aromatic rings. The van der Waals surface area contributed by atoms with E-state index in [9.17, 15) is 0 Å². The van der Waals surface area contributed by atoms with Gasteiger partial charge in [0, 0.05) is 11.2 Å². The van der Waals surface area contributed by atoms with Gasteiger partial charge in [0.1, 0.15) is 0 Å². The standard InChI is InChI=1S/C30H30P/c1-19-14-21(3)28(22(4)15-19)26-12-9-13-27(29-23(5)16-20(2)17-24(29)6)30(26)31-18-25-10-7-8-11-25/h7-18H,1-6H3. The van der Waals surface area contributed by atoms with Gasteiger partial charge in [-0.2, -0.15) is 0 Å². The number of hydrogen-bond acceptors (Lipinski definition) is 0. The molecule has 0 heterocycles. The van der Waals surface area contributed by atoms with E-state index in [0.717, 1.165) is 0 Å². The molecule has 0 spiro atoms. The van der Waals surface area contributed by atoms with Crippen LogP contribution < -0.4 is 5.30 Å². The Morgan fingerprint density at radius 3 is 1.45 bits per heavy atom. The van der Waals surface area contributed by atoms with Crippen LogP contribution in [0.4, 0.5) is 0 Å². The number of aryl methyl sites for hydroxylation is 6. The largest absolute Gasteiger partial charge is 0.0709 e. The van der Waals surface area contributed by atoms with Crippen LogP contribution in [0.25, 0.3) is 22.3 Å². The number of benzene rings is 3. The molecule has 155 valence electrons. The first kappa shape index (κ1) is 22.0. The van der Waals surface area contributed by atoms with Gasteiger partial charge in [-0.3, -0.25) is 0 Å². The maximum absolute atomic E-state index is 2.33. The van der Waals surface area contributed by atoms with E-state index in [2.05, 4.69) is 115 Å². The van der Waals surface area contributed by atoms with Crippen molar-refractivity contribution in [1.29, 1.82) is 0 Å². The quantitative estimate of drug-likeness (QED) is 0.380. The van der Waals surface area contributed by atoms with E-state index in [-0.39, 0.29) is 0 Å². The van der Waals surface area contributed by atoms with Gasteiger partial charge in [0.25, 0.3) is 0 Å². The number of hydrogen-bond donors (Lipinski definition) is 0. The van der Waals surface area contributed by atoms with Gasteiger partial charge in [0.2, 0.25) is 0 Å². The molecular formula is C30H30P. The predicted molar refractivity (Wildman–Crippen MR) is 139 cm³/mol. The van der Waals surface area contributed by atoms with Crippen molar-refractivity contribution in [3.63, 3.8) is 0 Å². The molecule has 0 aliphatic heterocycles. The monoisotopic (exact) mass is 421 g/mol. The molecule has 1 heteroatoms. The lowest BCUT2D eigenvalue weighted by molar-refractivity contribution is 1.32. The minimum absolute atomic E-state index is 1.22. The average Bonchev–Trinajstić information content (AvgIpc) is 3.19. The fourth-order valence-electron chi connectivity index (χ4n) is 4.91. The maximum Gasteiger partial charge on any atom is 0.0172 e. The van der Waals surface area contributed by atoms with Crippen molar-refractivity contribution in [1.82, 2.24) is 0 Å². The fourth-order valence-corrected chi connectivity index (χ4v) is 6.01. The summed E-state index contributed by atoms with van der Waals surface area (Å²) in [5.41, 5.74) is 13.4. The molecule has 0 N–H and O–H groups in total. The minimum Gasteiger partial charge on any atom is -0.0709 e. The van der Waals surface area contributed by atoms with Gasteiger partial charge in [0.05, 0.1) is 0 Å². The highest BCUT2D eigenvalue weighted by Gasteiger charge is 2.19. The van der Waals surface area contributed by atoms with E-state index < -0.39 is 0 Å². The van der Waals surface area contributed by atoms with Crippen LogP contribution in [-0.2, 0) is 0 Å². The second-order valence-corrected chi connectivity index (χ2v) is 9.69. The van der Waals surface area contributed by atoms with Crippen molar-refractivity contribution < 1.29 is 0 Å². The summed E-state index contributed by atoms with van der Waals surface area (Å²) in [5, 5.41) is 1.38. The van der Waals surface area contributed by atoms with Crippen LogP contribution in [0.15, 0.2) is 42.5 Å². The first-order valence-electron chi connectivity index (χ1n) is 10.9. The van der Waals surface area contributed by atoms with Gasteiger partial charge in [-0.05, 0) is 118 Å². The molecule has 1 aliphatic rings. The SMILES string of the molecule is Cc1cc(C)c(-c2cccc(-c3c(C)cc(C)cc3C)c2P=C[C]2[CH][CH][CH][CH]2)c(C)c1. The summed E-state index contributed by atoms with van der Waals surface area (Å²) in [6.45, 7) is 13.3. The van der Waals surface area contributed by atoms with Crippen molar-refractivity contribution in [2.24, 2.45) is 0 Å².